The smallest absolute Gasteiger partial charge is 0.158 e. The number of hydrogen-bond donors (Lipinski definition) is 0. The van der Waals surface area contributed by atoms with Crippen LogP contribution in [0.1, 0.15) is 39.2 Å². The van der Waals surface area contributed by atoms with E-state index in [1.807, 2.05) is 18.2 Å². The van der Waals surface area contributed by atoms with E-state index in [1.54, 1.807) is 0 Å². The minimum Gasteiger partial charge on any atom is -0.374 e. The summed E-state index contributed by atoms with van der Waals surface area (Å²) in [4.78, 5) is 11.6. The van der Waals surface area contributed by atoms with Crippen LogP contribution in [0.15, 0.2) is 30.3 Å². The van der Waals surface area contributed by atoms with E-state index < -0.39 is 0 Å². The lowest BCUT2D eigenvalue weighted by Crippen LogP contribution is -2.17. The Bertz CT molecular complexity index is 349. The zero-order chi connectivity index (χ0) is 13.4. The molecule has 0 bridgehead atoms. The van der Waals surface area contributed by atoms with Crippen molar-refractivity contribution in [1.82, 2.24) is 0 Å². The maximum atomic E-state index is 11.6. The number of carbonyl (C=O) groups excluding carboxylic acids is 1. The summed E-state index contributed by atoms with van der Waals surface area (Å²) in [6.07, 6.45) is 2.56. The molecule has 1 aromatic carbocycles. The van der Waals surface area contributed by atoms with Gasteiger partial charge in [0.05, 0.1) is 0 Å². The van der Waals surface area contributed by atoms with Gasteiger partial charge in [0.2, 0.25) is 0 Å². The van der Waals surface area contributed by atoms with E-state index in [2.05, 4.69) is 32.9 Å². The molecule has 0 saturated heterocycles. The summed E-state index contributed by atoms with van der Waals surface area (Å²) >= 11 is 0. The van der Waals surface area contributed by atoms with Crippen molar-refractivity contribution in [2.75, 3.05) is 13.2 Å². The van der Waals surface area contributed by atoms with Gasteiger partial charge in [0.15, 0.2) is 5.78 Å². The van der Waals surface area contributed by atoms with Gasteiger partial charge in [-0.15, -0.1) is 0 Å². The molecular formula is C16H24O2. The molecule has 1 aromatic rings. The number of benzene rings is 1. The van der Waals surface area contributed by atoms with Gasteiger partial charge in [-0.25, -0.2) is 0 Å². The lowest BCUT2D eigenvalue weighted by Gasteiger charge is -2.16. The van der Waals surface area contributed by atoms with Crippen LogP contribution in [-0.2, 0) is 16.0 Å². The average Bonchev–Trinajstić information content (AvgIpc) is 2.27. The monoisotopic (exact) mass is 248 g/mol. The van der Waals surface area contributed by atoms with Gasteiger partial charge in [0.25, 0.3) is 0 Å². The van der Waals surface area contributed by atoms with Crippen LogP contribution in [0.25, 0.3) is 0 Å². The predicted molar refractivity (Wildman–Crippen MR) is 74.7 cm³/mol. The summed E-state index contributed by atoms with van der Waals surface area (Å²) in [6.45, 7) is 7.12. The Hall–Kier alpha value is -1.15. The van der Waals surface area contributed by atoms with E-state index >= 15 is 0 Å². The predicted octanol–water partition coefficient (Wildman–Crippen LogP) is 3.64. The van der Waals surface area contributed by atoms with Crippen molar-refractivity contribution in [3.63, 3.8) is 0 Å². The van der Waals surface area contributed by atoms with Crippen LogP contribution in [0.3, 0.4) is 0 Å². The molecule has 100 valence electrons. The second kappa shape index (κ2) is 7.32. The Labute approximate surface area is 110 Å². The topological polar surface area (TPSA) is 26.3 Å². The molecule has 0 saturated carbocycles. The normalized spacial score (nSPS) is 11.5. The second-order valence-corrected chi connectivity index (χ2v) is 5.92. The summed E-state index contributed by atoms with van der Waals surface area (Å²) in [7, 11) is 0. The van der Waals surface area contributed by atoms with Crippen molar-refractivity contribution in [2.24, 2.45) is 5.41 Å². The Balaban J connectivity index is 2.07. The first-order valence-corrected chi connectivity index (χ1v) is 6.61. The first kappa shape index (κ1) is 14.9. The average molecular weight is 248 g/mol. The van der Waals surface area contributed by atoms with Crippen molar-refractivity contribution in [3.8, 4) is 0 Å². The van der Waals surface area contributed by atoms with Crippen LogP contribution in [0.4, 0.5) is 0 Å². The van der Waals surface area contributed by atoms with Crippen molar-refractivity contribution in [1.29, 1.82) is 0 Å². The van der Waals surface area contributed by atoms with E-state index in [0.29, 0.717) is 13.0 Å². The number of aryl methyl sites for hydroxylation is 1. The summed E-state index contributed by atoms with van der Waals surface area (Å²) in [5.41, 5.74) is 1.38. The maximum Gasteiger partial charge on any atom is 0.158 e. The fourth-order valence-corrected chi connectivity index (χ4v) is 1.85. The third kappa shape index (κ3) is 7.23. The summed E-state index contributed by atoms with van der Waals surface area (Å²) in [5, 5.41) is 0. The van der Waals surface area contributed by atoms with Gasteiger partial charge in [-0.05, 0) is 23.8 Å². The molecule has 0 atom stereocenters. The quantitative estimate of drug-likeness (QED) is 0.689. The molecule has 0 amide bonds. The summed E-state index contributed by atoms with van der Waals surface area (Å²) in [5.74, 6) is 0.196. The first-order chi connectivity index (χ1) is 8.47. The molecule has 0 fully saturated rings. The Morgan fingerprint density at radius 1 is 1.17 bits per heavy atom. The van der Waals surface area contributed by atoms with Gasteiger partial charge in [-0.2, -0.15) is 0 Å². The largest absolute Gasteiger partial charge is 0.374 e. The lowest BCUT2D eigenvalue weighted by atomic mass is 9.90. The molecule has 2 heteroatoms. The molecule has 0 spiro atoms. The molecule has 0 aliphatic rings. The molecule has 2 nitrogen and oxygen atoms in total. The van der Waals surface area contributed by atoms with Crippen LogP contribution in [0.5, 0.6) is 0 Å². The molecule has 0 aliphatic carbocycles. The Kier molecular flexibility index (Phi) is 6.06. The van der Waals surface area contributed by atoms with Crippen LogP contribution in [0.2, 0.25) is 0 Å². The van der Waals surface area contributed by atoms with Crippen LogP contribution < -0.4 is 0 Å². The molecule has 0 aromatic heterocycles. The van der Waals surface area contributed by atoms with Gasteiger partial charge in [-0.1, -0.05) is 51.1 Å². The molecule has 0 N–H and O–H groups in total. The molecular weight excluding hydrogens is 224 g/mol. The number of hydrogen-bond acceptors (Lipinski definition) is 2. The van der Waals surface area contributed by atoms with Crippen molar-refractivity contribution in [3.05, 3.63) is 35.9 Å². The van der Waals surface area contributed by atoms with Gasteiger partial charge in [0.1, 0.15) is 6.61 Å². The molecule has 0 aliphatic heterocycles. The van der Waals surface area contributed by atoms with E-state index in [4.69, 9.17) is 4.74 Å². The van der Waals surface area contributed by atoms with Crippen LogP contribution in [-0.4, -0.2) is 19.0 Å². The van der Waals surface area contributed by atoms with E-state index in [9.17, 15) is 4.79 Å². The lowest BCUT2D eigenvalue weighted by molar-refractivity contribution is -0.125. The number of rotatable bonds is 7. The highest BCUT2D eigenvalue weighted by Crippen LogP contribution is 2.18. The van der Waals surface area contributed by atoms with Crippen LogP contribution >= 0.6 is 0 Å². The zero-order valence-electron chi connectivity index (χ0n) is 11.7. The SMILES string of the molecule is CC(C)(C)CC(=O)COCCCc1ccccc1. The van der Waals surface area contributed by atoms with Crippen LogP contribution in [0, 0.1) is 5.41 Å². The van der Waals surface area contributed by atoms with Gasteiger partial charge in [-0.3, -0.25) is 4.79 Å². The zero-order valence-corrected chi connectivity index (χ0v) is 11.7. The fourth-order valence-electron chi connectivity index (χ4n) is 1.85. The number of ether oxygens (including phenoxy) is 1. The van der Waals surface area contributed by atoms with Crippen molar-refractivity contribution >= 4 is 5.78 Å². The van der Waals surface area contributed by atoms with E-state index in [1.165, 1.54) is 5.56 Å². The molecule has 0 unspecified atom stereocenters. The maximum absolute atomic E-state index is 11.6. The number of carbonyl (C=O) groups is 1. The number of ketones is 1. The van der Waals surface area contributed by atoms with Gasteiger partial charge < -0.3 is 4.74 Å². The Morgan fingerprint density at radius 2 is 1.83 bits per heavy atom. The molecule has 0 heterocycles. The minimum atomic E-state index is 0.0600. The minimum absolute atomic E-state index is 0.0600. The molecule has 0 radical (unpaired) electrons. The highest BCUT2D eigenvalue weighted by molar-refractivity contribution is 5.80. The third-order valence-corrected chi connectivity index (χ3v) is 2.59. The third-order valence-electron chi connectivity index (χ3n) is 2.59. The molecule has 1 rings (SSSR count). The fraction of sp³-hybridized carbons (Fsp3) is 0.562. The highest BCUT2D eigenvalue weighted by Gasteiger charge is 2.15. The number of Topliss-reactive ketones (excluding diaryl/α,β-unsaturated/α-hetero) is 1. The van der Waals surface area contributed by atoms with Gasteiger partial charge in [0, 0.05) is 13.0 Å². The molecule has 18 heavy (non-hydrogen) atoms. The van der Waals surface area contributed by atoms with Gasteiger partial charge >= 0.3 is 0 Å². The van der Waals surface area contributed by atoms with Crippen molar-refractivity contribution < 1.29 is 9.53 Å². The highest BCUT2D eigenvalue weighted by atomic mass is 16.5. The van der Waals surface area contributed by atoms with Crippen molar-refractivity contribution in [2.45, 2.75) is 40.0 Å². The standard InChI is InChI=1S/C16H24O2/c1-16(2,3)12-15(17)13-18-11-7-10-14-8-5-4-6-9-14/h4-6,8-9H,7,10-13H2,1-3H3. The Morgan fingerprint density at radius 3 is 2.44 bits per heavy atom. The second-order valence-electron chi connectivity index (χ2n) is 5.92. The van der Waals surface area contributed by atoms with E-state index in [-0.39, 0.29) is 17.8 Å². The summed E-state index contributed by atoms with van der Waals surface area (Å²) < 4.78 is 5.41. The van der Waals surface area contributed by atoms with E-state index in [0.717, 1.165) is 12.8 Å². The first-order valence-electron chi connectivity index (χ1n) is 6.61. The summed E-state index contributed by atoms with van der Waals surface area (Å²) in [6, 6.07) is 10.3.